The number of hydrogen-bond acceptors (Lipinski definition) is 3. The van der Waals surface area contributed by atoms with Gasteiger partial charge >= 0.3 is 0 Å². The van der Waals surface area contributed by atoms with Crippen molar-refractivity contribution >= 4 is 7.28 Å². The zero-order chi connectivity index (χ0) is 15.8. The van der Waals surface area contributed by atoms with Gasteiger partial charge in [-0.05, 0) is 37.7 Å². The standard InChI is InChI=1S/C18H27BNO2/c1-14-8-9-16(11-18(21)22)12-19-13-17(20-14)10-15-6-4-2-3-5-7-15/h2,4-7,13-14,16,18,20-22H,3,8-12H2,1H3/b17-13-/t14?,16-/m0/s1. The van der Waals surface area contributed by atoms with E-state index in [1.807, 2.05) is 0 Å². The Morgan fingerprint density at radius 1 is 1.32 bits per heavy atom. The molecule has 2 aliphatic rings. The fraction of sp³-hybridized carbons (Fsp3) is 0.556. The van der Waals surface area contributed by atoms with Gasteiger partial charge in [-0.15, -0.1) is 5.98 Å². The summed E-state index contributed by atoms with van der Waals surface area (Å²) >= 11 is 0. The number of rotatable bonds is 4. The minimum atomic E-state index is -1.20. The molecule has 2 rings (SSSR count). The van der Waals surface area contributed by atoms with Crippen molar-refractivity contribution in [2.45, 2.75) is 57.7 Å². The van der Waals surface area contributed by atoms with E-state index in [9.17, 15) is 10.2 Å². The van der Waals surface area contributed by atoms with Gasteiger partial charge in [0.2, 0.25) is 0 Å². The summed E-state index contributed by atoms with van der Waals surface area (Å²) in [5.41, 5.74) is 2.55. The molecular formula is C18H27BNO2. The molecule has 0 spiro atoms. The van der Waals surface area contributed by atoms with Crippen LogP contribution in [0.1, 0.15) is 39.0 Å². The minimum Gasteiger partial charge on any atom is -0.387 e. The van der Waals surface area contributed by atoms with Gasteiger partial charge in [0.25, 0.3) is 0 Å². The molecule has 0 aromatic carbocycles. The predicted molar refractivity (Wildman–Crippen MR) is 92.4 cm³/mol. The summed E-state index contributed by atoms with van der Waals surface area (Å²) in [6.45, 7) is 2.20. The Morgan fingerprint density at radius 3 is 3.00 bits per heavy atom. The summed E-state index contributed by atoms with van der Waals surface area (Å²) in [4.78, 5) is 0. The van der Waals surface area contributed by atoms with Crippen LogP contribution in [0.4, 0.5) is 0 Å². The van der Waals surface area contributed by atoms with E-state index in [1.165, 1.54) is 11.3 Å². The van der Waals surface area contributed by atoms with Crippen molar-refractivity contribution in [3.8, 4) is 0 Å². The quantitative estimate of drug-likeness (QED) is 0.553. The molecular weight excluding hydrogens is 273 g/mol. The van der Waals surface area contributed by atoms with E-state index in [0.717, 1.165) is 32.0 Å². The third-order valence-electron chi connectivity index (χ3n) is 4.22. The molecule has 0 saturated carbocycles. The van der Waals surface area contributed by atoms with Crippen LogP contribution in [-0.2, 0) is 0 Å². The minimum absolute atomic E-state index is 0.347. The highest BCUT2D eigenvalue weighted by Crippen LogP contribution is 2.22. The van der Waals surface area contributed by atoms with Gasteiger partial charge in [0.05, 0.1) is 0 Å². The lowest BCUT2D eigenvalue weighted by atomic mass is 9.67. The van der Waals surface area contributed by atoms with Gasteiger partial charge in [-0.25, -0.2) is 0 Å². The van der Waals surface area contributed by atoms with E-state index in [1.54, 1.807) is 0 Å². The van der Waals surface area contributed by atoms with Gasteiger partial charge in [0.15, 0.2) is 6.29 Å². The van der Waals surface area contributed by atoms with Crippen LogP contribution < -0.4 is 5.32 Å². The second-order valence-electron chi connectivity index (χ2n) is 6.35. The number of aliphatic hydroxyl groups is 2. The van der Waals surface area contributed by atoms with E-state index in [0.29, 0.717) is 18.4 Å². The van der Waals surface area contributed by atoms with Crippen molar-refractivity contribution in [1.82, 2.24) is 5.32 Å². The third kappa shape index (κ3) is 6.24. The first kappa shape index (κ1) is 17.1. The van der Waals surface area contributed by atoms with E-state index < -0.39 is 6.29 Å². The molecule has 1 radical (unpaired) electrons. The molecule has 3 N–H and O–H groups in total. The van der Waals surface area contributed by atoms with Gasteiger partial charge in [-0.2, -0.15) is 0 Å². The van der Waals surface area contributed by atoms with Crippen LogP contribution in [0.15, 0.2) is 47.6 Å². The van der Waals surface area contributed by atoms with E-state index in [-0.39, 0.29) is 0 Å². The highest BCUT2D eigenvalue weighted by Gasteiger charge is 2.17. The van der Waals surface area contributed by atoms with Crippen molar-refractivity contribution < 1.29 is 10.2 Å². The second-order valence-corrected chi connectivity index (χ2v) is 6.35. The van der Waals surface area contributed by atoms with E-state index >= 15 is 0 Å². The van der Waals surface area contributed by atoms with Crippen molar-refractivity contribution in [3.63, 3.8) is 0 Å². The molecule has 119 valence electrons. The summed E-state index contributed by atoms with van der Waals surface area (Å²) in [5, 5.41) is 22.0. The number of nitrogens with one attached hydrogen (secondary N) is 1. The summed E-state index contributed by atoms with van der Waals surface area (Å²) in [6.07, 6.45) is 15.0. The summed E-state index contributed by atoms with van der Waals surface area (Å²) in [5.74, 6) is 2.52. The summed E-state index contributed by atoms with van der Waals surface area (Å²) in [7, 11) is 2.17. The zero-order valence-electron chi connectivity index (χ0n) is 13.4. The average molecular weight is 300 g/mol. The van der Waals surface area contributed by atoms with Crippen molar-refractivity contribution in [2.24, 2.45) is 5.92 Å². The van der Waals surface area contributed by atoms with Crippen LogP contribution in [0.25, 0.3) is 0 Å². The van der Waals surface area contributed by atoms with Crippen molar-refractivity contribution in [2.75, 3.05) is 0 Å². The first-order valence-electron chi connectivity index (χ1n) is 8.30. The van der Waals surface area contributed by atoms with Crippen molar-refractivity contribution in [1.29, 1.82) is 0 Å². The van der Waals surface area contributed by atoms with Crippen LogP contribution in [0.3, 0.4) is 0 Å². The number of hydrogen-bond donors (Lipinski definition) is 3. The van der Waals surface area contributed by atoms with Crippen molar-refractivity contribution in [3.05, 3.63) is 47.6 Å². The Balaban J connectivity index is 1.98. The highest BCUT2D eigenvalue weighted by atomic mass is 16.5. The summed E-state index contributed by atoms with van der Waals surface area (Å²) in [6, 6.07) is 0.405. The maximum absolute atomic E-state index is 9.19. The number of aliphatic hydroxyl groups excluding tert-OH is 1. The van der Waals surface area contributed by atoms with Crippen LogP contribution in [0, 0.1) is 5.92 Å². The van der Waals surface area contributed by atoms with Gasteiger partial charge in [-0.1, -0.05) is 36.7 Å². The predicted octanol–water partition coefficient (Wildman–Crippen LogP) is 2.87. The van der Waals surface area contributed by atoms with E-state index in [4.69, 9.17) is 0 Å². The first-order valence-corrected chi connectivity index (χ1v) is 8.30. The van der Waals surface area contributed by atoms with Crippen LogP contribution in [0.5, 0.6) is 0 Å². The topological polar surface area (TPSA) is 52.5 Å². The molecule has 1 heterocycles. The Kier molecular flexibility index (Phi) is 7.01. The van der Waals surface area contributed by atoms with Crippen LogP contribution in [-0.4, -0.2) is 29.8 Å². The molecule has 22 heavy (non-hydrogen) atoms. The van der Waals surface area contributed by atoms with Gasteiger partial charge in [0.1, 0.15) is 7.28 Å². The van der Waals surface area contributed by atoms with Crippen LogP contribution >= 0.6 is 0 Å². The SMILES string of the molecule is CC1CC[C@@H](CC(O)O)C[B]/C=C(/CC2=CC=CCC=C2)N1. The molecule has 0 saturated heterocycles. The summed E-state index contributed by atoms with van der Waals surface area (Å²) < 4.78 is 0. The Hall–Kier alpha value is -1.26. The van der Waals surface area contributed by atoms with Gasteiger partial charge < -0.3 is 15.5 Å². The molecule has 0 aromatic heterocycles. The zero-order valence-corrected chi connectivity index (χ0v) is 13.4. The normalized spacial score (nSPS) is 28.4. The molecule has 0 aromatic rings. The Morgan fingerprint density at radius 2 is 2.18 bits per heavy atom. The third-order valence-corrected chi connectivity index (χ3v) is 4.22. The smallest absolute Gasteiger partial charge is 0.151 e. The highest BCUT2D eigenvalue weighted by molar-refractivity contribution is 6.42. The molecule has 4 heteroatoms. The fourth-order valence-electron chi connectivity index (χ4n) is 3.03. The lowest BCUT2D eigenvalue weighted by Gasteiger charge is -2.20. The molecule has 0 amide bonds. The molecule has 1 unspecified atom stereocenters. The molecule has 3 nitrogen and oxygen atoms in total. The molecule has 0 fully saturated rings. The maximum Gasteiger partial charge on any atom is 0.151 e. The fourth-order valence-corrected chi connectivity index (χ4v) is 3.03. The van der Waals surface area contributed by atoms with Gasteiger partial charge in [0, 0.05) is 24.6 Å². The Labute approximate surface area is 134 Å². The average Bonchev–Trinajstić information content (AvgIpc) is 2.68. The van der Waals surface area contributed by atoms with Gasteiger partial charge in [-0.3, -0.25) is 0 Å². The Bertz CT molecular complexity index is 466. The number of allylic oxidation sites excluding steroid dienone is 6. The second kappa shape index (κ2) is 9.01. The van der Waals surface area contributed by atoms with E-state index in [2.05, 4.69) is 55.9 Å². The monoisotopic (exact) mass is 300 g/mol. The molecule has 0 bridgehead atoms. The largest absolute Gasteiger partial charge is 0.387 e. The lowest BCUT2D eigenvalue weighted by Crippen LogP contribution is -2.26. The molecule has 2 atom stereocenters. The maximum atomic E-state index is 9.19. The van der Waals surface area contributed by atoms with Crippen LogP contribution in [0.2, 0.25) is 6.32 Å². The molecule has 1 aliphatic carbocycles. The molecule has 1 aliphatic heterocycles. The first-order chi connectivity index (χ1) is 10.6. The lowest BCUT2D eigenvalue weighted by molar-refractivity contribution is -0.0552.